The molecule has 0 aromatic carbocycles. The third kappa shape index (κ3) is 2.73. The van der Waals surface area contributed by atoms with Crippen molar-refractivity contribution in [2.24, 2.45) is 0 Å². The van der Waals surface area contributed by atoms with Gasteiger partial charge in [-0.25, -0.2) is 0 Å². The Morgan fingerprint density at radius 2 is 1.67 bits per heavy atom. The third-order valence-corrected chi connectivity index (χ3v) is 2.59. The van der Waals surface area contributed by atoms with Gasteiger partial charge in [-0.2, -0.15) is 0 Å². The van der Waals surface area contributed by atoms with E-state index in [1.807, 2.05) is 0 Å². The van der Waals surface area contributed by atoms with Gasteiger partial charge in [0.1, 0.15) is 0 Å². The van der Waals surface area contributed by atoms with Gasteiger partial charge in [0.25, 0.3) is 0 Å². The van der Waals surface area contributed by atoms with Gasteiger partial charge in [0.2, 0.25) is 5.06 Å². The molecule has 0 saturated carbocycles. The predicted molar refractivity (Wildman–Crippen MR) is 44.7 cm³/mol. The molecule has 0 fully saturated rings. The molecule has 0 aromatic rings. The maximum Gasteiger partial charge on any atom is 0.322 e. The van der Waals surface area contributed by atoms with Gasteiger partial charge in [-0.05, 0) is 6.42 Å². The Hall–Kier alpha value is 0.420. The Morgan fingerprint density at radius 1 is 1.25 bits per heavy atom. The van der Waals surface area contributed by atoms with Crippen molar-refractivity contribution in [2.45, 2.75) is 36.2 Å². The molecular weight excluding hydrogens is 207 g/mol. The van der Waals surface area contributed by atoms with Crippen LogP contribution < -0.4 is 0 Å². The van der Waals surface area contributed by atoms with E-state index in [0.29, 0.717) is 6.42 Å². The summed E-state index contributed by atoms with van der Waals surface area (Å²) in [6, 6.07) is 0. The molecule has 2 atom stereocenters. The van der Waals surface area contributed by atoms with Crippen molar-refractivity contribution in [2.75, 3.05) is 0 Å². The standard InChI is InChI=1S/C6H12Cl2O4/c1-2-3-4(7)5(8,9)6(10,11)12/h4,9-12H,2-3H2,1H3. The van der Waals surface area contributed by atoms with E-state index in [9.17, 15) is 0 Å². The molecule has 0 aliphatic rings. The van der Waals surface area contributed by atoms with Crippen LogP contribution in [0.3, 0.4) is 0 Å². The molecule has 12 heavy (non-hydrogen) atoms. The van der Waals surface area contributed by atoms with Crippen LogP contribution in [0.2, 0.25) is 0 Å². The lowest BCUT2D eigenvalue weighted by molar-refractivity contribution is -0.368. The highest BCUT2D eigenvalue weighted by Crippen LogP contribution is 2.32. The summed E-state index contributed by atoms with van der Waals surface area (Å²) in [4.78, 5) is 0. The Bertz CT molecular complexity index is 143. The van der Waals surface area contributed by atoms with Crippen molar-refractivity contribution in [1.82, 2.24) is 0 Å². The number of halogens is 2. The van der Waals surface area contributed by atoms with Gasteiger partial charge in [0, 0.05) is 0 Å². The summed E-state index contributed by atoms with van der Waals surface area (Å²) in [6.45, 7) is 1.77. The highest BCUT2D eigenvalue weighted by molar-refractivity contribution is 6.31. The average Bonchev–Trinajstić information content (AvgIpc) is 1.85. The summed E-state index contributed by atoms with van der Waals surface area (Å²) in [5.41, 5.74) is 0. The summed E-state index contributed by atoms with van der Waals surface area (Å²) in [5, 5.41) is 31.1. The number of alkyl halides is 2. The molecule has 4 N–H and O–H groups in total. The molecule has 6 heteroatoms. The second kappa shape index (κ2) is 4.09. The smallest absolute Gasteiger partial charge is 0.322 e. The van der Waals surface area contributed by atoms with Gasteiger partial charge in [0.05, 0.1) is 5.38 Å². The molecule has 0 saturated heterocycles. The Morgan fingerprint density at radius 3 is 1.92 bits per heavy atom. The Labute approximate surface area is 80.3 Å². The molecule has 0 bridgehead atoms. The van der Waals surface area contributed by atoms with E-state index in [0.717, 1.165) is 0 Å². The van der Waals surface area contributed by atoms with E-state index in [1.54, 1.807) is 6.92 Å². The highest BCUT2D eigenvalue weighted by atomic mass is 35.5. The minimum atomic E-state index is -3.39. The first kappa shape index (κ1) is 12.4. The monoisotopic (exact) mass is 218 g/mol. The lowest BCUT2D eigenvalue weighted by Crippen LogP contribution is -2.55. The predicted octanol–water partition coefficient (Wildman–Crippen LogP) is -0.0480. The summed E-state index contributed by atoms with van der Waals surface area (Å²) in [5.74, 6) is -3.39. The van der Waals surface area contributed by atoms with Gasteiger partial charge in [0.15, 0.2) is 0 Å². The van der Waals surface area contributed by atoms with Crippen molar-refractivity contribution >= 4 is 23.2 Å². The maximum absolute atomic E-state index is 9.13. The second-order valence-corrected chi connectivity index (χ2v) is 3.67. The second-order valence-electron chi connectivity index (χ2n) is 2.56. The molecule has 0 aliphatic carbocycles. The zero-order valence-electron chi connectivity index (χ0n) is 6.54. The average molecular weight is 219 g/mol. The van der Waals surface area contributed by atoms with Crippen LogP contribution in [0, 0.1) is 0 Å². The zero-order chi connectivity index (χ0) is 9.99. The fourth-order valence-electron chi connectivity index (χ4n) is 0.655. The summed E-state index contributed by atoms with van der Waals surface area (Å²) < 4.78 is 0. The SMILES string of the molecule is CCCC(Cl)C(O)(Cl)C(O)(O)O. The van der Waals surface area contributed by atoms with Crippen LogP contribution in [0.5, 0.6) is 0 Å². The molecule has 2 unspecified atom stereocenters. The lowest BCUT2D eigenvalue weighted by atomic mass is 10.1. The third-order valence-electron chi connectivity index (χ3n) is 1.43. The minimum absolute atomic E-state index is 0.255. The van der Waals surface area contributed by atoms with Crippen molar-refractivity contribution in [1.29, 1.82) is 0 Å². The molecule has 0 spiro atoms. The van der Waals surface area contributed by atoms with E-state index in [1.165, 1.54) is 0 Å². The lowest BCUT2D eigenvalue weighted by Gasteiger charge is -2.32. The van der Waals surface area contributed by atoms with Gasteiger partial charge in [-0.15, -0.1) is 11.6 Å². The Balaban J connectivity index is 4.38. The number of hydrogen-bond acceptors (Lipinski definition) is 4. The largest absolute Gasteiger partial charge is 0.367 e. The van der Waals surface area contributed by atoms with Crippen LogP contribution in [0.25, 0.3) is 0 Å². The summed E-state index contributed by atoms with van der Waals surface area (Å²) in [7, 11) is 0. The first-order valence-electron chi connectivity index (χ1n) is 3.46. The molecule has 4 nitrogen and oxygen atoms in total. The summed E-state index contributed by atoms with van der Waals surface area (Å²) in [6.07, 6.45) is 0.851. The van der Waals surface area contributed by atoms with Crippen LogP contribution in [-0.4, -0.2) is 36.8 Å². The molecule has 0 heterocycles. The van der Waals surface area contributed by atoms with E-state index in [-0.39, 0.29) is 6.42 Å². The van der Waals surface area contributed by atoms with Crippen molar-refractivity contribution in [3.8, 4) is 0 Å². The van der Waals surface area contributed by atoms with E-state index >= 15 is 0 Å². The van der Waals surface area contributed by atoms with Crippen molar-refractivity contribution in [3.05, 3.63) is 0 Å². The van der Waals surface area contributed by atoms with Crippen molar-refractivity contribution in [3.63, 3.8) is 0 Å². The zero-order valence-corrected chi connectivity index (χ0v) is 8.05. The highest BCUT2D eigenvalue weighted by Gasteiger charge is 2.51. The van der Waals surface area contributed by atoms with Gasteiger partial charge in [-0.1, -0.05) is 24.9 Å². The van der Waals surface area contributed by atoms with E-state index < -0.39 is 16.4 Å². The van der Waals surface area contributed by atoms with Crippen LogP contribution in [0.4, 0.5) is 0 Å². The number of rotatable bonds is 4. The van der Waals surface area contributed by atoms with Crippen LogP contribution in [0.15, 0.2) is 0 Å². The molecule has 0 radical (unpaired) electrons. The molecule has 0 amide bonds. The normalized spacial score (nSPS) is 20.2. The summed E-state index contributed by atoms with van der Waals surface area (Å²) >= 11 is 10.7. The molecule has 0 aromatic heterocycles. The van der Waals surface area contributed by atoms with Crippen LogP contribution >= 0.6 is 23.2 Å². The first-order valence-corrected chi connectivity index (χ1v) is 4.27. The van der Waals surface area contributed by atoms with E-state index in [4.69, 9.17) is 43.6 Å². The van der Waals surface area contributed by atoms with E-state index in [2.05, 4.69) is 0 Å². The first-order chi connectivity index (χ1) is 5.23. The fourth-order valence-corrected chi connectivity index (χ4v) is 1.13. The molecular formula is C6H12Cl2O4. The minimum Gasteiger partial charge on any atom is -0.367 e. The number of hydrogen-bond donors (Lipinski definition) is 4. The number of aliphatic hydroxyl groups is 4. The van der Waals surface area contributed by atoms with Gasteiger partial charge in [-0.3, -0.25) is 0 Å². The molecule has 74 valence electrons. The fraction of sp³-hybridized carbons (Fsp3) is 1.00. The quantitative estimate of drug-likeness (QED) is 0.394. The van der Waals surface area contributed by atoms with Gasteiger partial charge >= 0.3 is 5.97 Å². The van der Waals surface area contributed by atoms with Crippen molar-refractivity contribution < 1.29 is 20.4 Å². The topological polar surface area (TPSA) is 80.9 Å². The molecule has 0 aliphatic heterocycles. The Kier molecular flexibility index (Phi) is 4.23. The van der Waals surface area contributed by atoms with Gasteiger partial charge < -0.3 is 20.4 Å². The van der Waals surface area contributed by atoms with Crippen LogP contribution in [0.1, 0.15) is 19.8 Å². The molecule has 0 rings (SSSR count). The maximum atomic E-state index is 9.13. The van der Waals surface area contributed by atoms with Crippen LogP contribution in [-0.2, 0) is 0 Å².